The standard InChI is InChI=1S/C23H31NO2/c1-2-7-23-18-24(16-17-25-23)15-6-8-20-11-13-21(14-12-20)19-26-22-9-4-3-5-10-22/h3-5,9-14,23H,2,6-8,15-19H2,1H3. The molecule has 0 spiro atoms. The van der Waals surface area contributed by atoms with E-state index in [2.05, 4.69) is 36.1 Å². The fourth-order valence-electron chi connectivity index (χ4n) is 3.47. The summed E-state index contributed by atoms with van der Waals surface area (Å²) >= 11 is 0. The third-order valence-corrected chi connectivity index (χ3v) is 4.95. The minimum Gasteiger partial charge on any atom is -0.489 e. The molecule has 3 nitrogen and oxygen atoms in total. The lowest BCUT2D eigenvalue weighted by atomic mass is 10.1. The van der Waals surface area contributed by atoms with Crippen LogP contribution in [0.5, 0.6) is 5.75 Å². The Morgan fingerprint density at radius 1 is 1.04 bits per heavy atom. The average molecular weight is 354 g/mol. The third kappa shape index (κ3) is 6.15. The van der Waals surface area contributed by atoms with E-state index in [1.165, 1.54) is 36.9 Å². The number of aryl methyl sites for hydroxylation is 1. The van der Waals surface area contributed by atoms with Crippen LogP contribution in [0, 0.1) is 0 Å². The first-order valence-corrected chi connectivity index (χ1v) is 9.93. The van der Waals surface area contributed by atoms with Gasteiger partial charge in [-0.25, -0.2) is 0 Å². The summed E-state index contributed by atoms with van der Waals surface area (Å²) in [6.45, 7) is 7.09. The van der Waals surface area contributed by atoms with Crippen molar-refractivity contribution in [1.82, 2.24) is 4.90 Å². The fourth-order valence-corrected chi connectivity index (χ4v) is 3.47. The quantitative estimate of drug-likeness (QED) is 0.652. The van der Waals surface area contributed by atoms with Gasteiger partial charge < -0.3 is 9.47 Å². The van der Waals surface area contributed by atoms with Gasteiger partial charge in [0.05, 0.1) is 12.7 Å². The van der Waals surface area contributed by atoms with Gasteiger partial charge in [-0.2, -0.15) is 0 Å². The Bertz CT molecular complexity index is 624. The molecular weight excluding hydrogens is 322 g/mol. The van der Waals surface area contributed by atoms with Crippen LogP contribution in [0.2, 0.25) is 0 Å². The topological polar surface area (TPSA) is 21.7 Å². The predicted octanol–water partition coefficient (Wildman–Crippen LogP) is 4.70. The first-order valence-electron chi connectivity index (χ1n) is 9.93. The van der Waals surface area contributed by atoms with E-state index in [-0.39, 0.29) is 0 Å². The molecule has 26 heavy (non-hydrogen) atoms. The van der Waals surface area contributed by atoms with Crippen LogP contribution in [0.25, 0.3) is 0 Å². The number of benzene rings is 2. The number of nitrogens with zero attached hydrogens (tertiary/aromatic N) is 1. The maximum absolute atomic E-state index is 5.83. The van der Waals surface area contributed by atoms with Crippen molar-refractivity contribution in [1.29, 1.82) is 0 Å². The SMILES string of the molecule is CCCC1CN(CCCc2ccc(COc3ccccc3)cc2)CCO1. The number of hydrogen-bond acceptors (Lipinski definition) is 3. The van der Waals surface area contributed by atoms with Gasteiger partial charge in [-0.05, 0) is 49.1 Å². The number of para-hydroxylation sites is 1. The molecule has 1 fully saturated rings. The normalized spacial score (nSPS) is 18.0. The zero-order valence-corrected chi connectivity index (χ0v) is 15.9. The molecule has 1 aliphatic heterocycles. The van der Waals surface area contributed by atoms with Gasteiger partial charge in [0.2, 0.25) is 0 Å². The van der Waals surface area contributed by atoms with Crippen molar-refractivity contribution in [2.75, 3.05) is 26.2 Å². The van der Waals surface area contributed by atoms with Crippen molar-refractivity contribution in [3.05, 3.63) is 65.7 Å². The first-order chi connectivity index (χ1) is 12.8. The highest BCUT2D eigenvalue weighted by molar-refractivity contribution is 5.24. The van der Waals surface area contributed by atoms with Crippen molar-refractivity contribution in [3.8, 4) is 5.75 Å². The highest BCUT2D eigenvalue weighted by atomic mass is 16.5. The predicted molar refractivity (Wildman–Crippen MR) is 107 cm³/mol. The fraction of sp³-hybridized carbons (Fsp3) is 0.478. The van der Waals surface area contributed by atoms with Crippen molar-refractivity contribution < 1.29 is 9.47 Å². The van der Waals surface area contributed by atoms with E-state index < -0.39 is 0 Å². The van der Waals surface area contributed by atoms with E-state index in [9.17, 15) is 0 Å². The van der Waals surface area contributed by atoms with Crippen molar-refractivity contribution in [2.45, 2.75) is 45.3 Å². The van der Waals surface area contributed by atoms with Gasteiger partial charge in [0, 0.05) is 13.1 Å². The Balaban J connectivity index is 1.37. The summed E-state index contributed by atoms with van der Waals surface area (Å²) in [4.78, 5) is 2.56. The molecule has 3 heteroatoms. The number of hydrogen-bond donors (Lipinski definition) is 0. The van der Waals surface area contributed by atoms with Crippen LogP contribution in [-0.4, -0.2) is 37.2 Å². The van der Waals surface area contributed by atoms with Gasteiger partial charge in [0.15, 0.2) is 0 Å². The molecule has 140 valence electrons. The summed E-state index contributed by atoms with van der Waals surface area (Å²) in [5.74, 6) is 0.920. The van der Waals surface area contributed by atoms with Gasteiger partial charge in [-0.3, -0.25) is 4.90 Å². The van der Waals surface area contributed by atoms with Crippen LogP contribution in [0.15, 0.2) is 54.6 Å². The molecule has 1 atom stereocenters. The second-order valence-electron chi connectivity index (χ2n) is 7.10. The number of ether oxygens (including phenoxy) is 2. The molecule has 0 aliphatic carbocycles. The van der Waals surface area contributed by atoms with Gasteiger partial charge in [0.1, 0.15) is 12.4 Å². The van der Waals surface area contributed by atoms with Crippen LogP contribution >= 0.6 is 0 Å². The maximum Gasteiger partial charge on any atom is 0.119 e. The lowest BCUT2D eigenvalue weighted by Crippen LogP contribution is -2.42. The second-order valence-corrected chi connectivity index (χ2v) is 7.10. The Labute approximate surface area is 157 Å². The highest BCUT2D eigenvalue weighted by Crippen LogP contribution is 2.14. The number of morpholine rings is 1. The molecule has 3 rings (SSSR count). The largest absolute Gasteiger partial charge is 0.489 e. The van der Waals surface area contributed by atoms with Crippen molar-refractivity contribution >= 4 is 0 Å². The lowest BCUT2D eigenvalue weighted by molar-refractivity contribution is -0.0323. The second kappa shape index (κ2) is 10.3. The molecule has 1 aliphatic rings. The van der Waals surface area contributed by atoms with Gasteiger partial charge in [-0.1, -0.05) is 55.8 Å². The monoisotopic (exact) mass is 353 g/mol. The molecule has 1 heterocycles. The first kappa shape index (κ1) is 18.9. The Morgan fingerprint density at radius 2 is 1.81 bits per heavy atom. The summed E-state index contributed by atoms with van der Waals surface area (Å²) in [6, 6.07) is 18.8. The van der Waals surface area contributed by atoms with Crippen LogP contribution in [0.3, 0.4) is 0 Å². The number of rotatable bonds is 9. The van der Waals surface area contributed by atoms with Crippen molar-refractivity contribution in [3.63, 3.8) is 0 Å². The zero-order valence-electron chi connectivity index (χ0n) is 15.9. The molecular formula is C23H31NO2. The van der Waals surface area contributed by atoms with E-state index in [1.807, 2.05) is 30.3 Å². The van der Waals surface area contributed by atoms with E-state index in [0.717, 1.165) is 31.9 Å². The molecule has 0 aromatic heterocycles. The van der Waals surface area contributed by atoms with Crippen LogP contribution in [0.4, 0.5) is 0 Å². The minimum atomic E-state index is 0.442. The zero-order chi connectivity index (χ0) is 18.0. The van der Waals surface area contributed by atoms with Gasteiger partial charge in [0.25, 0.3) is 0 Å². The molecule has 0 saturated carbocycles. The van der Waals surface area contributed by atoms with Gasteiger partial charge >= 0.3 is 0 Å². The summed E-state index contributed by atoms with van der Waals surface area (Å²) in [5, 5.41) is 0. The Hall–Kier alpha value is -1.84. The Morgan fingerprint density at radius 3 is 2.58 bits per heavy atom. The smallest absolute Gasteiger partial charge is 0.119 e. The third-order valence-electron chi connectivity index (χ3n) is 4.95. The van der Waals surface area contributed by atoms with Gasteiger partial charge in [-0.15, -0.1) is 0 Å². The lowest BCUT2D eigenvalue weighted by Gasteiger charge is -2.32. The molecule has 0 amide bonds. The highest BCUT2D eigenvalue weighted by Gasteiger charge is 2.18. The summed E-state index contributed by atoms with van der Waals surface area (Å²) < 4.78 is 11.6. The minimum absolute atomic E-state index is 0.442. The summed E-state index contributed by atoms with van der Waals surface area (Å²) in [5.41, 5.74) is 2.63. The van der Waals surface area contributed by atoms with Crippen molar-refractivity contribution in [2.24, 2.45) is 0 Å². The maximum atomic E-state index is 5.83. The molecule has 0 bridgehead atoms. The molecule has 2 aromatic carbocycles. The summed E-state index contributed by atoms with van der Waals surface area (Å²) in [6.07, 6.45) is 5.17. The molecule has 0 N–H and O–H groups in total. The molecule has 1 unspecified atom stereocenters. The average Bonchev–Trinajstić information content (AvgIpc) is 2.69. The van der Waals surface area contributed by atoms with Crippen LogP contribution in [0.1, 0.15) is 37.3 Å². The molecule has 1 saturated heterocycles. The molecule has 0 radical (unpaired) electrons. The Kier molecular flexibility index (Phi) is 7.53. The van der Waals surface area contributed by atoms with E-state index >= 15 is 0 Å². The summed E-state index contributed by atoms with van der Waals surface area (Å²) in [7, 11) is 0. The van der Waals surface area contributed by atoms with E-state index in [1.54, 1.807) is 0 Å². The van der Waals surface area contributed by atoms with E-state index in [4.69, 9.17) is 9.47 Å². The molecule has 2 aromatic rings. The van der Waals surface area contributed by atoms with E-state index in [0.29, 0.717) is 12.7 Å². The van der Waals surface area contributed by atoms with Crippen LogP contribution in [-0.2, 0) is 17.8 Å². The van der Waals surface area contributed by atoms with Crippen LogP contribution < -0.4 is 4.74 Å².